The number of halogens is 3. The molecule has 1 aliphatic heterocycles. The van der Waals surface area contributed by atoms with Gasteiger partial charge in [0.1, 0.15) is 5.75 Å². The molecule has 0 amide bonds. The maximum Gasteiger partial charge on any atom is 0.573 e. The molecule has 26 heavy (non-hydrogen) atoms. The van der Waals surface area contributed by atoms with Gasteiger partial charge in [0.25, 0.3) is 0 Å². The minimum atomic E-state index is -4.67. The molecule has 2 aromatic rings. The normalized spacial score (nSPS) is 17.0. The zero-order valence-corrected chi connectivity index (χ0v) is 14.5. The van der Waals surface area contributed by atoms with Crippen molar-refractivity contribution >= 4 is 0 Å². The lowest BCUT2D eigenvalue weighted by Crippen LogP contribution is -2.30. The summed E-state index contributed by atoms with van der Waals surface area (Å²) in [6, 6.07) is 12.2. The van der Waals surface area contributed by atoms with E-state index in [0.29, 0.717) is 12.1 Å². The molecule has 7 heteroatoms. The predicted molar refractivity (Wildman–Crippen MR) is 92.5 cm³/mol. The van der Waals surface area contributed by atoms with E-state index < -0.39 is 6.36 Å². The van der Waals surface area contributed by atoms with Crippen LogP contribution in [0.4, 0.5) is 13.2 Å². The molecule has 1 aromatic carbocycles. The van der Waals surface area contributed by atoms with E-state index in [1.54, 1.807) is 24.4 Å². The number of alkyl halides is 3. The zero-order valence-electron chi connectivity index (χ0n) is 14.5. The van der Waals surface area contributed by atoms with Crippen molar-refractivity contribution in [1.29, 1.82) is 0 Å². The summed E-state index contributed by atoms with van der Waals surface area (Å²) in [4.78, 5) is 8.87. The first-order valence-corrected chi connectivity index (χ1v) is 8.68. The monoisotopic (exact) mass is 365 g/mol. The maximum absolute atomic E-state index is 12.6. The number of para-hydroxylation sites is 1. The molecule has 0 spiro atoms. The van der Waals surface area contributed by atoms with E-state index in [-0.39, 0.29) is 5.75 Å². The Bertz CT molecular complexity index is 694. The van der Waals surface area contributed by atoms with Crippen LogP contribution in [0.3, 0.4) is 0 Å². The molecule has 0 unspecified atom stereocenters. The van der Waals surface area contributed by atoms with Crippen molar-refractivity contribution in [3.8, 4) is 5.75 Å². The SMILES string of the molecule is FC(F)(F)Oc1ccccc1CN1CCCN(Cc2ccccn2)CC1. The topological polar surface area (TPSA) is 28.6 Å². The van der Waals surface area contributed by atoms with E-state index >= 15 is 0 Å². The van der Waals surface area contributed by atoms with Crippen molar-refractivity contribution < 1.29 is 17.9 Å². The van der Waals surface area contributed by atoms with E-state index in [4.69, 9.17) is 0 Å². The van der Waals surface area contributed by atoms with Gasteiger partial charge in [0.05, 0.1) is 5.69 Å². The van der Waals surface area contributed by atoms with Gasteiger partial charge < -0.3 is 4.74 Å². The summed E-state index contributed by atoms with van der Waals surface area (Å²) in [5.74, 6) is -0.116. The Morgan fingerprint density at radius 3 is 2.27 bits per heavy atom. The third-order valence-corrected chi connectivity index (χ3v) is 4.39. The minimum absolute atomic E-state index is 0.116. The Labute approximate surface area is 151 Å². The van der Waals surface area contributed by atoms with Crippen LogP contribution in [0.25, 0.3) is 0 Å². The average molecular weight is 365 g/mol. The van der Waals surface area contributed by atoms with Gasteiger partial charge >= 0.3 is 6.36 Å². The molecule has 4 nitrogen and oxygen atoms in total. The second kappa shape index (κ2) is 8.51. The summed E-state index contributed by atoms with van der Waals surface area (Å²) >= 11 is 0. The molecule has 0 N–H and O–H groups in total. The smallest absolute Gasteiger partial charge is 0.405 e. The lowest BCUT2D eigenvalue weighted by molar-refractivity contribution is -0.275. The highest BCUT2D eigenvalue weighted by Crippen LogP contribution is 2.27. The number of nitrogens with zero attached hydrogens (tertiary/aromatic N) is 3. The highest BCUT2D eigenvalue weighted by atomic mass is 19.4. The van der Waals surface area contributed by atoms with Gasteiger partial charge in [-0.2, -0.15) is 0 Å². The van der Waals surface area contributed by atoms with E-state index in [2.05, 4.69) is 19.5 Å². The van der Waals surface area contributed by atoms with Crippen molar-refractivity contribution in [2.45, 2.75) is 25.9 Å². The lowest BCUT2D eigenvalue weighted by atomic mass is 10.2. The van der Waals surface area contributed by atoms with E-state index in [0.717, 1.165) is 44.8 Å². The van der Waals surface area contributed by atoms with Crippen molar-refractivity contribution in [3.63, 3.8) is 0 Å². The van der Waals surface area contributed by atoms with Gasteiger partial charge in [-0.15, -0.1) is 13.2 Å². The summed E-state index contributed by atoms with van der Waals surface area (Å²) in [5.41, 5.74) is 1.59. The fraction of sp³-hybridized carbons (Fsp3) is 0.421. The molecule has 1 saturated heterocycles. The van der Waals surface area contributed by atoms with E-state index in [9.17, 15) is 13.2 Å². The van der Waals surface area contributed by atoms with Crippen LogP contribution < -0.4 is 4.74 Å². The number of ether oxygens (including phenoxy) is 1. The standard InChI is InChI=1S/C19H22F3N3O/c20-19(21,22)26-18-8-2-1-6-16(18)14-24-10-5-11-25(13-12-24)15-17-7-3-4-9-23-17/h1-4,6-9H,5,10-15H2. The second-order valence-corrected chi connectivity index (χ2v) is 6.38. The quantitative estimate of drug-likeness (QED) is 0.808. The van der Waals surface area contributed by atoms with Crippen LogP contribution in [-0.4, -0.2) is 47.3 Å². The molecule has 1 fully saturated rings. The Balaban J connectivity index is 1.58. The lowest BCUT2D eigenvalue weighted by Gasteiger charge is -2.23. The van der Waals surface area contributed by atoms with Crippen LogP contribution in [0.5, 0.6) is 5.75 Å². The van der Waals surface area contributed by atoms with Crippen LogP contribution >= 0.6 is 0 Å². The Hall–Kier alpha value is -2.12. The van der Waals surface area contributed by atoms with Gasteiger partial charge in [-0.3, -0.25) is 14.8 Å². The molecular formula is C19H22F3N3O. The summed E-state index contributed by atoms with van der Waals surface area (Å²) in [7, 11) is 0. The highest BCUT2D eigenvalue weighted by Gasteiger charge is 2.32. The Morgan fingerprint density at radius 1 is 0.885 bits per heavy atom. The van der Waals surface area contributed by atoms with E-state index in [1.165, 1.54) is 6.07 Å². The Kier molecular flexibility index (Phi) is 6.11. The summed E-state index contributed by atoms with van der Waals surface area (Å²) in [6.45, 7) is 4.70. The molecule has 1 aromatic heterocycles. The van der Waals surface area contributed by atoms with Crippen LogP contribution in [0.1, 0.15) is 17.7 Å². The first kappa shape index (κ1) is 18.7. The third-order valence-electron chi connectivity index (χ3n) is 4.39. The number of benzene rings is 1. The summed E-state index contributed by atoms with van der Waals surface area (Å²) in [6.07, 6.45) is -1.92. The Morgan fingerprint density at radius 2 is 1.58 bits per heavy atom. The van der Waals surface area contributed by atoms with Crippen molar-refractivity contribution in [1.82, 2.24) is 14.8 Å². The number of aromatic nitrogens is 1. The van der Waals surface area contributed by atoms with Gasteiger partial charge in [0.15, 0.2) is 0 Å². The molecule has 3 rings (SSSR count). The van der Waals surface area contributed by atoms with Crippen LogP contribution in [0.2, 0.25) is 0 Å². The zero-order chi connectivity index (χ0) is 18.4. The predicted octanol–water partition coefficient (Wildman–Crippen LogP) is 3.69. The summed E-state index contributed by atoms with van der Waals surface area (Å²) < 4.78 is 41.9. The van der Waals surface area contributed by atoms with E-state index in [1.807, 2.05) is 18.2 Å². The molecule has 0 aliphatic carbocycles. The molecule has 1 aliphatic rings. The van der Waals surface area contributed by atoms with Crippen LogP contribution in [0, 0.1) is 0 Å². The number of hydrogen-bond donors (Lipinski definition) is 0. The van der Waals surface area contributed by atoms with Crippen LogP contribution in [0.15, 0.2) is 48.7 Å². The minimum Gasteiger partial charge on any atom is -0.405 e. The number of pyridine rings is 1. The van der Waals surface area contributed by atoms with Crippen molar-refractivity contribution in [3.05, 3.63) is 59.9 Å². The van der Waals surface area contributed by atoms with Gasteiger partial charge in [0.2, 0.25) is 0 Å². The molecule has 2 heterocycles. The fourth-order valence-electron chi connectivity index (χ4n) is 3.16. The van der Waals surface area contributed by atoms with Crippen LogP contribution in [-0.2, 0) is 13.1 Å². The molecule has 0 radical (unpaired) electrons. The highest BCUT2D eigenvalue weighted by molar-refractivity contribution is 5.33. The van der Waals surface area contributed by atoms with Gasteiger partial charge in [-0.1, -0.05) is 24.3 Å². The second-order valence-electron chi connectivity index (χ2n) is 6.38. The number of hydrogen-bond acceptors (Lipinski definition) is 4. The third kappa shape index (κ3) is 5.71. The largest absolute Gasteiger partial charge is 0.573 e. The molecule has 0 atom stereocenters. The summed E-state index contributed by atoms with van der Waals surface area (Å²) in [5, 5.41) is 0. The van der Waals surface area contributed by atoms with Crippen molar-refractivity contribution in [2.24, 2.45) is 0 Å². The first-order valence-electron chi connectivity index (χ1n) is 8.68. The van der Waals surface area contributed by atoms with Gasteiger partial charge in [0, 0.05) is 37.9 Å². The van der Waals surface area contributed by atoms with Gasteiger partial charge in [-0.25, -0.2) is 0 Å². The van der Waals surface area contributed by atoms with Crippen molar-refractivity contribution in [2.75, 3.05) is 26.2 Å². The number of rotatable bonds is 5. The molecule has 140 valence electrons. The molecule has 0 bridgehead atoms. The first-order chi connectivity index (χ1) is 12.5. The molecular weight excluding hydrogens is 343 g/mol. The fourth-order valence-corrected chi connectivity index (χ4v) is 3.16. The molecule has 0 saturated carbocycles. The average Bonchev–Trinajstić information content (AvgIpc) is 2.82. The maximum atomic E-state index is 12.6. The van der Waals surface area contributed by atoms with Gasteiger partial charge in [-0.05, 0) is 37.7 Å².